The Morgan fingerprint density at radius 1 is 1.21 bits per heavy atom. The topological polar surface area (TPSA) is 55.6 Å². The van der Waals surface area contributed by atoms with Gasteiger partial charge < -0.3 is 5.32 Å². The van der Waals surface area contributed by atoms with Gasteiger partial charge in [0.05, 0.1) is 22.3 Å². The van der Waals surface area contributed by atoms with Crippen LogP contribution in [0.3, 0.4) is 0 Å². The molecule has 0 aliphatic heterocycles. The van der Waals surface area contributed by atoms with Crippen LogP contribution in [-0.4, -0.2) is 26.8 Å². The number of fused-ring (bicyclic) bond motifs is 1. The van der Waals surface area contributed by atoms with Crippen LogP contribution >= 0.6 is 23.2 Å². The number of rotatable bonds is 2. The van der Waals surface area contributed by atoms with E-state index in [1.165, 1.54) is 6.33 Å². The van der Waals surface area contributed by atoms with Crippen molar-refractivity contribution in [2.45, 2.75) is 0 Å². The van der Waals surface area contributed by atoms with Crippen molar-refractivity contribution in [3.05, 3.63) is 40.8 Å². The predicted molar refractivity (Wildman–Crippen MR) is 76.2 cm³/mol. The number of benzene rings is 1. The fourth-order valence-corrected chi connectivity index (χ4v) is 2.36. The molecule has 1 aromatic carbocycles. The summed E-state index contributed by atoms with van der Waals surface area (Å²) in [5.74, 6) is 0.723. The molecule has 3 aromatic rings. The van der Waals surface area contributed by atoms with Crippen molar-refractivity contribution in [3.63, 3.8) is 0 Å². The van der Waals surface area contributed by atoms with Gasteiger partial charge in [-0.15, -0.1) is 0 Å². The first-order chi connectivity index (χ1) is 9.20. The summed E-state index contributed by atoms with van der Waals surface area (Å²) in [4.78, 5) is 8.39. The molecule has 5 nitrogen and oxygen atoms in total. The van der Waals surface area contributed by atoms with E-state index in [4.69, 9.17) is 23.2 Å². The van der Waals surface area contributed by atoms with Crippen LogP contribution < -0.4 is 5.32 Å². The van der Waals surface area contributed by atoms with Crippen LogP contribution in [0.2, 0.25) is 10.0 Å². The lowest BCUT2D eigenvalue weighted by molar-refractivity contribution is 0.895. The van der Waals surface area contributed by atoms with Gasteiger partial charge in [-0.1, -0.05) is 23.2 Å². The van der Waals surface area contributed by atoms with Crippen molar-refractivity contribution < 1.29 is 0 Å². The van der Waals surface area contributed by atoms with Crippen molar-refractivity contribution in [2.24, 2.45) is 0 Å². The lowest BCUT2D eigenvalue weighted by Crippen LogP contribution is -2.00. The molecule has 0 atom stereocenters. The standard InChI is InChI=1S/C12H9Cl2N5/c1-15-11-8-5-18-19(12(8)17-6-16-11)10-3-2-7(13)4-9(10)14/h2-6H,1H3,(H,15,16,17). The number of hydrogen-bond donors (Lipinski definition) is 1. The quantitative estimate of drug-likeness (QED) is 0.788. The molecular formula is C12H9Cl2N5. The minimum absolute atomic E-state index is 0.516. The number of halogens is 2. The highest BCUT2D eigenvalue weighted by Gasteiger charge is 2.12. The summed E-state index contributed by atoms with van der Waals surface area (Å²) in [6.45, 7) is 0. The first-order valence-corrected chi connectivity index (χ1v) is 6.28. The average Bonchev–Trinajstić information content (AvgIpc) is 2.82. The molecule has 1 N–H and O–H groups in total. The molecule has 0 unspecified atom stereocenters. The highest BCUT2D eigenvalue weighted by molar-refractivity contribution is 6.35. The van der Waals surface area contributed by atoms with E-state index in [2.05, 4.69) is 20.4 Å². The zero-order chi connectivity index (χ0) is 13.4. The van der Waals surface area contributed by atoms with Gasteiger partial charge in [0.2, 0.25) is 0 Å². The van der Waals surface area contributed by atoms with Gasteiger partial charge in [0.15, 0.2) is 5.65 Å². The van der Waals surface area contributed by atoms with Crippen molar-refractivity contribution in [1.82, 2.24) is 19.7 Å². The lowest BCUT2D eigenvalue weighted by atomic mass is 10.3. The molecule has 0 spiro atoms. The Hall–Kier alpha value is -1.85. The Morgan fingerprint density at radius 2 is 2.05 bits per heavy atom. The third kappa shape index (κ3) is 2.01. The van der Waals surface area contributed by atoms with E-state index in [0.717, 1.165) is 16.9 Å². The van der Waals surface area contributed by atoms with Gasteiger partial charge in [-0.2, -0.15) is 5.10 Å². The molecule has 2 heterocycles. The molecule has 19 heavy (non-hydrogen) atoms. The summed E-state index contributed by atoms with van der Waals surface area (Å²) in [7, 11) is 1.80. The van der Waals surface area contributed by atoms with Crippen molar-refractivity contribution in [3.8, 4) is 5.69 Å². The molecule has 0 saturated heterocycles. The molecule has 3 rings (SSSR count). The molecule has 0 bridgehead atoms. The average molecular weight is 294 g/mol. The van der Waals surface area contributed by atoms with Crippen LogP contribution in [0.5, 0.6) is 0 Å². The molecule has 2 aromatic heterocycles. The fourth-order valence-electron chi connectivity index (χ4n) is 1.87. The number of hydrogen-bond acceptors (Lipinski definition) is 4. The van der Waals surface area contributed by atoms with E-state index in [1.807, 2.05) is 0 Å². The van der Waals surface area contributed by atoms with Gasteiger partial charge >= 0.3 is 0 Å². The van der Waals surface area contributed by atoms with E-state index < -0.39 is 0 Å². The summed E-state index contributed by atoms with van der Waals surface area (Å²) in [6, 6.07) is 5.24. The van der Waals surface area contributed by atoms with Crippen LogP contribution in [0, 0.1) is 0 Å². The molecule has 96 valence electrons. The third-order valence-electron chi connectivity index (χ3n) is 2.74. The number of aromatic nitrogens is 4. The zero-order valence-corrected chi connectivity index (χ0v) is 11.4. The van der Waals surface area contributed by atoms with Gasteiger partial charge in [-0.05, 0) is 18.2 Å². The van der Waals surface area contributed by atoms with E-state index >= 15 is 0 Å². The molecule has 0 fully saturated rings. The van der Waals surface area contributed by atoms with Crippen LogP contribution in [0.25, 0.3) is 16.7 Å². The van der Waals surface area contributed by atoms with Gasteiger partial charge in [0, 0.05) is 12.1 Å². The normalized spacial score (nSPS) is 10.9. The second-order valence-corrected chi connectivity index (χ2v) is 4.71. The summed E-state index contributed by atoms with van der Waals surface area (Å²) < 4.78 is 1.66. The monoisotopic (exact) mass is 293 g/mol. The Balaban J connectivity index is 2.26. The zero-order valence-electron chi connectivity index (χ0n) is 9.93. The third-order valence-corrected chi connectivity index (χ3v) is 3.28. The van der Waals surface area contributed by atoms with Crippen molar-refractivity contribution in [1.29, 1.82) is 0 Å². The Kier molecular flexibility index (Phi) is 3.00. The van der Waals surface area contributed by atoms with E-state index in [-0.39, 0.29) is 0 Å². The number of nitrogens with one attached hydrogen (secondary N) is 1. The lowest BCUT2D eigenvalue weighted by Gasteiger charge is -2.06. The summed E-state index contributed by atoms with van der Waals surface area (Å²) in [5.41, 5.74) is 1.41. The Morgan fingerprint density at radius 3 is 2.79 bits per heavy atom. The SMILES string of the molecule is CNc1ncnc2c1cnn2-c1ccc(Cl)cc1Cl. The predicted octanol–water partition coefficient (Wildman–Crippen LogP) is 3.16. The first kappa shape index (κ1) is 12.2. The largest absolute Gasteiger partial charge is 0.372 e. The van der Waals surface area contributed by atoms with Gasteiger partial charge in [0.25, 0.3) is 0 Å². The van der Waals surface area contributed by atoms with Gasteiger partial charge in [-0.3, -0.25) is 0 Å². The Bertz CT molecular complexity index is 753. The number of anilines is 1. The summed E-state index contributed by atoms with van der Waals surface area (Å²) >= 11 is 12.1. The second kappa shape index (κ2) is 4.68. The Labute approximate surface area is 119 Å². The highest BCUT2D eigenvalue weighted by Crippen LogP contribution is 2.27. The summed E-state index contributed by atoms with van der Waals surface area (Å²) in [6.07, 6.45) is 3.18. The van der Waals surface area contributed by atoms with Crippen LogP contribution in [-0.2, 0) is 0 Å². The van der Waals surface area contributed by atoms with E-state index in [9.17, 15) is 0 Å². The fraction of sp³-hybridized carbons (Fsp3) is 0.0833. The molecule has 0 amide bonds. The van der Waals surface area contributed by atoms with E-state index in [0.29, 0.717) is 15.7 Å². The van der Waals surface area contributed by atoms with Crippen LogP contribution in [0.1, 0.15) is 0 Å². The van der Waals surface area contributed by atoms with Gasteiger partial charge in [-0.25, -0.2) is 14.6 Å². The number of nitrogens with zero attached hydrogens (tertiary/aromatic N) is 4. The van der Waals surface area contributed by atoms with Crippen LogP contribution in [0.4, 0.5) is 5.82 Å². The smallest absolute Gasteiger partial charge is 0.168 e. The molecule has 0 radical (unpaired) electrons. The maximum atomic E-state index is 6.19. The first-order valence-electron chi connectivity index (χ1n) is 5.52. The minimum atomic E-state index is 0.516. The van der Waals surface area contributed by atoms with Crippen molar-refractivity contribution >= 4 is 40.1 Å². The molecule has 0 aliphatic rings. The summed E-state index contributed by atoms with van der Waals surface area (Å²) in [5, 5.41) is 9.24. The molecule has 0 aliphatic carbocycles. The second-order valence-electron chi connectivity index (χ2n) is 3.86. The maximum Gasteiger partial charge on any atom is 0.168 e. The van der Waals surface area contributed by atoms with E-state index in [1.54, 1.807) is 36.1 Å². The van der Waals surface area contributed by atoms with Crippen molar-refractivity contribution in [2.75, 3.05) is 12.4 Å². The highest BCUT2D eigenvalue weighted by atomic mass is 35.5. The molecule has 7 heteroatoms. The maximum absolute atomic E-state index is 6.19. The molecular weight excluding hydrogens is 285 g/mol. The minimum Gasteiger partial charge on any atom is -0.372 e. The molecule has 0 saturated carbocycles. The van der Waals surface area contributed by atoms with Crippen LogP contribution in [0.15, 0.2) is 30.7 Å². The van der Waals surface area contributed by atoms with Gasteiger partial charge in [0.1, 0.15) is 12.1 Å².